The van der Waals surface area contributed by atoms with E-state index < -0.39 is 0 Å². The van der Waals surface area contributed by atoms with Crippen molar-refractivity contribution >= 4 is 5.69 Å². The summed E-state index contributed by atoms with van der Waals surface area (Å²) >= 11 is 0. The van der Waals surface area contributed by atoms with Crippen molar-refractivity contribution < 1.29 is 0 Å². The number of nitrogens with zero attached hydrogens (tertiary/aromatic N) is 3. The maximum atomic E-state index is 4.46. The zero-order valence-corrected chi connectivity index (χ0v) is 13.1. The third-order valence-electron chi connectivity index (χ3n) is 3.78. The van der Waals surface area contributed by atoms with Crippen molar-refractivity contribution in [2.45, 2.75) is 20.4 Å². The van der Waals surface area contributed by atoms with Gasteiger partial charge in [0.15, 0.2) is 0 Å². The fraction of sp³-hybridized carbons (Fsp3) is 0.389. The molecule has 2 rings (SSSR count). The second kappa shape index (κ2) is 8.42. The van der Waals surface area contributed by atoms with Crippen LogP contribution >= 0.6 is 0 Å². The first-order chi connectivity index (χ1) is 10.3. The van der Waals surface area contributed by atoms with Gasteiger partial charge in [-0.25, -0.2) is 0 Å². The van der Waals surface area contributed by atoms with Gasteiger partial charge in [-0.05, 0) is 37.4 Å². The molecule has 0 N–H and O–H groups in total. The lowest BCUT2D eigenvalue weighted by molar-refractivity contribution is 0.309. The fourth-order valence-electron chi connectivity index (χ4n) is 2.43. The molecule has 0 amide bonds. The standard InChI is InChI=1S/C18H25N3/c1-3-20(4-2)14-15-21(18-11-6-5-7-12-18)16-17-10-8-9-13-19-17/h5-13H,3-4,14-16H2,1-2H3. The SMILES string of the molecule is CCN(CC)CCN(Cc1ccccn1)c1ccccc1. The summed E-state index contributed by atoms with van der Waals surface area (Å²) in [4.78, 5) is 9.31. The lowest BCUT2D eigenvalue weighted by atomic mass is 10.2. The van der Waals surface area contributed by atoms with Crippen LogP contribution in [0.5, 0.6) is 0 Å². The van der Waals surface area contributed by atoms with Crippen molar-refractivity contribution in [3.8, 4) is 0 Å². The van der Waals surface area contributed by atoms with Crippen LogP contribution in [0.25, 0.3) is 0 Å². The van der Waals surface area contributed by atoms with E-state index in [2.05, 4.69) is 71.1 Å². The highest BCUT2D eigenvalue weighted by Gasteiger charge is 2.09. The van der Waals surface area contributed by atoms with Gasteiger partial charge in [0.1, 0.15) is 0 Å². The summed E-state index contributed by atoms with van der Waals surface area (Å²) in [6, 6.07) is 16.7. The van der Waals surface area contributed by atoms with Crippen LogP contribution in [0.1, 0.15) is 19.5 Å². The molecular formula is C18H25N3. The Morgan fingerprint density at radius 3 is 2.19 bits per heavy atom. The molecule has 3 nitrogen and oxygen atoms in total. The number of pyridine rings is 1. The van der Waals surface area contributed by atoms with Crippen LogP contribution in [0.2, 0.25) is 0 Å². The molecule has 0 saturated heterocycles. The van der Waals surface area contributed by atoms with Gasteiger partial charge in [-0.1, -0.05) is 38.1 Å². The van der Waals surface area contributed by atoms with Crippen molar-refractivity contribution in [3.63, 3.8) is 0 Å². The number of anilines is 1. The monoisotopic (exact) mass is 283 g/mol. The summed E-state index contributed by atoms with van der Waals surface area (Å²) < 4.78 is 0. The van der Waals surface area contributed by atoms with E-state index >= 15 is 0 Å². The topological polar surface area (TPSA) is 19.4 Å². The van der Waals surface area contributed by atoms with E-state index in [1.54, 1.807) is 0 Å². The molecule has 0 aliphatic carbocycles. The molecule has 2 aromatic rings. The van der Waals surface area contributed by atoms with Crippen molar-refractivity contribution in [2.75, 3.05) is 31.1 Å². The lowest BCUT2D eigenvalue weighted by Gasteiger charge is -2.28. The molecule has 0 saturated carbocycles. The Bertz CT molecular complexity index is 494. The smallest absolute Gasteiger partial charge is 0.0602 e. The Balaban J connectivity index is 2.07. The van der Waals surface area contributed by atoms with Gasteiger partial charge >= 0.3 is 0 Å². The minimum absolute atomic E-state index is 0.853. The number of likely N-dealkylation sites (N-methyl/N-ethyl adjacent to an activating group) is 1. The molecule has 21 heavy (non-hydrogen) atoms. The summed E-state index contributed by atoms with van der Waals surface area (Å²) in [6.07, 6.45) is 1.86. The van der Waals surface area contributed by atoms with Crippen LogP contribution < -0.4 is 4.90 Å². The Kier molecular flexibility index (Phi) is 6.22. The van der Waals surface area contributed by atoms with Crippen molar-refractivity contribution in [2.24, 2.45) is 0 Å². The molecule has 112 valence electrons. The molecular weight excluding hydrogens is 258 g/mol. The fourth-order valence-corrected chi connectivity index (χ4v) is 2.43. The number of hydrogen-bond donors (Lipinski definition) is 0. The largest absolute Gasteiger partial charge is 0.364 e. The second-order valence-corrected chi connectivity index (χ2v) is 5.11. The molecule has 0 aliphatic heterocycles. The first kappa shape index (κ1) is 15.5. The summed E-state index contributed by atoms with van der Waals surface area (Å²) in [6.45, 7) is 9.58. The third kappa shape index (κ3) is 4.87. The summed E-state index contributed by atoms with van der Waals surface area (Å²) in [5.74, 6) is 0. The minimum atomic E-state index is 0.853. The summed E-state index contributed by atoms with van der Waals surface area (Å²) in [5.41, 5.74) is 2.37. The Morgan fingerprint density at radius 2 is 1.57 bits per heavy atom. The van der Waals surface area contributed by atoms with Crippen LogP contribution in [0, 0.1) is 0 Å². The maximum Gasteiger partial charge on any atom is 0.0602 e. The number of benzene rings is 1. The highest BCUT2D eigenvalue weighted by Crippen LogP contribution is 2.15. The second-order valence-electron chi connectivity index (χ2n) is 5.11. The van der Waals surface area contributed by atoms with Crippen LogP contribution in [-0.2, 0) is 6.54 Å². The number of aromatic nitrogens is 1. The Hall–Kier alpha value is -1.87. The van der Waals surface area contributed by atoms with E-state index in [4.69, 9.17) is 0 Å². The van der Waals surface area contributed by atoms with Crippen LogP contribution in [-0.4, -0.2) is 36.1 Å². The summed E-state index contributed by atoms with van der Waals surface area (Å²) in [5, 5.41) is 0. The van der Waals surface area contributed by atoms with Gasteiger partial charge in [0.05, 0.1) is 12.2 Å². The van der Waals surface area contributed by atoms with Crippen molar-refractivity contribution in [1.29, 1.82) is 0 Å². The molecule has 0 aliphatic rings. The third-order valence-corrected chi connectivity index (χ3v) is 3.78. The molecule has 0 unspecified atom stereocenters. The quantitative estimate of drug-likeness (QED) is 0.740. The van der Waals surface area contributed by atoms with Crippen LogP contribution in [0.4, 0.5) is 5.69 Å². The minimum Gasteiger partial charge on any atom is -0.364 e. The average Bonchev–Trinajstić information content (AvgIpc) is 2.56. The highest BCUT2D eigenvalue weighted by molar-refractivity contribution is 5.46. The van der Waals surface area contributed by atoms with Gasteiger partial charge in [0.2, 0.25) is 0 Å². The average molecular weight is 283 g/mol. The van der Waals surface area contributed by atoms with E-state index in [1.165, 1.54) is 5.69 Å². The van der Waals surface area contributed by atoms with Crippen molar-refractivity contribution in [3.05, 3.63) is 60.4 Å². The summed E-state index contributed by atoms with van der Waals surface area (Å²) in [7, 11) is 0. The number of hydrogen-bond acceptors (Lipinski definition) is 3. The molecule has 0 radical (unpaired) electrons. The molecule has 1 aromatic heterocycles. The van der Waals surface area contributed by atoms with E-state index in [9.17, 15) is 0 Å². The first-order valence-corrected chi connectivity index (χ1v) is 7.75. The molecule has 0 spiro atoms. The van der Waals surface area contributed by atoms with Gasteiger partial charge in [-0.2, -0.15) is 0 Å². The molecule has 0 atom stereocenters. The Labute approximate surface area is 128 Å². The molecule has 3 heteroatoms. The number of rotatable bonds is 8. The molecule has 1 aromatic carbocycles. The predicted molar refractivity (Wildman–Crippen MR) is 89.5 cm³/mol. The zero-order valence-electron chi connectivity index (χ0n) is 13.1. The van der Waals surface area contributed by atoms with E-state index in [0.29, 0.717) is 0 Å². The highest BCUT2D eigenvalue weighted by atomic mass is 15.2. The number of para-hydroxylation sites is 1. The normalized spacial score (nSPS) is 10.8. The molecule has 1 heterocycles. The van der Waals surface area contributed by atoms with Gasteiger partial charge in [0.25, 0.3) is 0 Å². The molecule has 0 fully saturated rings. The van der Waals surface area contributed by atoms with Crippen LogP contribution in [0.15, 0.2) is 54.7 Å². The van der Waals surface area contributed by atoms with E-state index in [0.717, 1.165) is 38.4 Å². The maximum absolute atomic E-state index is 4.46. The zero-order chi connectivity index (χ0) is 14.9. The Morgan fingerprint density at radius 1 is 0.857 bits per heavy atom. The van der Waals surface area contributed by atoms with Crippen LogP contribution in [0.3, 0.4) is 0 Å². The van der Waals surface area contributed by atoms with Gasteiger partial charge in [-0.3, -0.25) is 4.98 Å². The predicted octanol–water partition coefficient (Wildman–Crippen LogP) is 3.43. The van der Waals surface area contributed by atoms with E-state index in [1.807, 2.05) is 12.3 Å². The first-order valence-electron chi connectivity index (χ1n) is 7.75. The van der Waals surface area contributed by atoms with Gasteiger partial charge in [0, 0.05) is 25.0 Å². The lowest BCUT2D eigenvalue weighted by Crippen LogP contribution is -2.35. The molecule has 0 bridgehead atoms. The van der Waals surface area contributed by atoms with Gasteiger partial charge < -0.3 is 9.80 Å². The van der Waals surface area contributed by atoms with E-state index in [-0.39, 0.29) is 0 Å². The van der Waals surface area contributed by atoms with Gasteiger partial charge in [-0.15, -0.1) is 0 Å². The van der Waals surface area contributed by atoms with Crippen molar-refractivity contribution in [1.82, 2.24) is 9.88 Å².